The molecule has 1 aliphatic heterocycles. The quantitative estimate of drug-likeness (QED) is 0.595. The van der Waals surface area contributed by atoms with Crippen LogP contribution in [-0.4, -0.2) is 57.7 Å². The molecule has 4 rings (SSSR count). The van der Waals surface area contributed by atoms with Crippen LogP contribution in [0.25, 0.3) is 11.0 Å². The van der Waals surface area contributed by atoms with Crippen LogP contribution < -0.4 is 10.1 Å². The summed E-state index contributed by atoms with van der Waals surface area (Å²) in [5, 5.41) is 11.7. The van der Waals surface area contributed by atoms with Crippen molar-refractivity contribution in [1.82, 2.24) is 14.5 Å². The minimum atomic E-state index is -1.07. The van der Waals surface area contributed by atoms with Gasteiger partial charge >= 0.3 is 5.97 Å². The van der Waals surface area contributed by atoms with Gasteiger partial charge in [0.25, 0.3) is 5.91 Å². The fourth-order valence-electron chi connectivity index (χ4n) is 3.69. The maximum atomic E-state index is 12.8. The van der Waals surface area contributed by atoms with Crippen molar-refractivity contribution in [2.24, 2.45) is 0 Å². The monoisotopic (exact) mass is 408 g/mol. The van der Waals surface area contributed by atoms with Gasteiger partial charge in [-0.15, -0.1) is 0 Å². The van der Waals surface area contributed by atoms with Crippen LogP contribution in [0.5, 0.6) is 5.75 Å². The van der Waals surface area contributed by atoms with E-state index in [0.29, 0.717) is 17.3 Å². The zero-order chi connectivity index (χ0) is 20.9. The van der Waals surface area contributed by atoms with E-state index < -0.39 is 12.6 Å². The van der Waals surface area contributed by atoms with Crippen LogP contribution in [0.1, 0.15) is 23.2 Å². The van der Waals surface area contributed by atoms with Crippen molar-refractivity contribution in [3.05, 3.63) is 54.1 Å². The number of para-hydroxylation sites is 2. The van der Waals surface area contributed by atoms with Crippen LogP contribution in [0.15, 0.2) is 48.5 Å². The van der Waals surface area contributed by atoms with Gasteiger partial charge in [0.15, 0.2) is 6.61 Å². The Morgan fingerprint density at radius 3 is 2.67 bits per heavy atom. The first-order chi connectivity index (χ1) is 14.6. The summed E-state index contributed by atoms with van der Waals surface area (Å²) in [4.78, 5) is 30.6. The standard InChI is InChI=1S/C22H24N4O4/c27-20(28)15-30-17-7-5-6-16(14-17)21(29)24-22-23-18-8-1-2-9-19(18)26(22)13-12-25-10-3-4-11-25/h1-2,5-9,14H,3-4,10-13,15H2,(H,27,28)(H,23,24,29). The number of fused-ring (bicyclic) bond motifs is 1. The van der Waals surface area contributed by atoms with Gasteiger partial charge in [-0.3, -0.25) is 10.1 Å². The highest BCUT2D eigenvalue weighted by atomic mass is 16.5. The number of hydrogen-bond acceptors (Lipinski definition) is 5. The number of nitrogens with one attached hydrogen (secondary N) is 1. The summed E-state index contributed by atoms with van der Waals surface area (Å²) >= 11 is 0. The highest BCUT2D eigenvalue weighted by molar-refractivity contribution is 6.04. The van der Waals surface area contributed by atoms with Crippen molar-refractivity contribution >= 4 is 28.9 Å². The van der Waals surface area contributed by atoms with Crippen molar-refractivity contribution < 1.29 is 19.4 Å². The number of carbonyl (C=O) groups is 2. The van der Waals surface area contributed by atoms with Crippen molar-refractivity contribution in [2.45, 2.75) is 19.4 Å². The molecule has 1 saturated heterocycles. The molecule has 30 heavy (non-hydrogen) atoms. The van der Waals surface area contributed by atoms with Crippen molar-refractivity contribution in [3.63, 3.8) is 0 Å². The molecule has 1 fully saturated rings. The van der Waals surface area contributed by atoms with E-state index in [1.807, 2.05) is 28.8 Å². The first kappa shape index (κ1) is 19.9. The van der Waals surface area contributed by atoms with E-state index in [2.05, 4.69) is 15.2 Å². The molecule has 0 bridgehead atoms. The Kier molecular flexibility index (Phi) is 5.94. The second-order valence-corrected chi connectivity index (χ2v) is 7.29. The lowest BCUT2D eigenvalue weighted by Gasteiger charge is -2.17. The lowest BCUT2D eigenvalue weighted by Crippen LogP contribution is -2.25. The molecule has 8 heteroatoms. The third-order valence-electron chi connectivity index (χ3n) is 5.18. The molecule has 8 nitrogen and oxygen atoms in total. The first-order valence-corrected chi connectivity index (χ1v) is 10.0. The Bertz CT molecular complexity index is 1060. The second-order valence-electron chi connectivity index (χ2n) is 7.29. The number of imidazole rings is 1. The maximum absolute atomic E-state index is 12.8. The Balaban J connectivity index is 1.54. The summed E-state index contributed by atoms with van der Waals surface area (Å²) in [5.41, 5.74) is 2.18. The summed E-state index contributed by atoms with van der Waals surface area (Å²) < 4.78 is 7.21. The lowest BCUT2D eigenvalue weighted by molar-refractivity contribution is -0.139. The smallest absolute Gasteiger partial charge is 0.341 e. The van der Waals surface area contributed by atoms with Crippen LogP contribution in [0.4, 0.5) is 5.95 Å². The van der Waals surface area contributed by atoms with E-state index in [9.17, 15) is 9.59 Å². The average molecular weight is 408 g/mol. The van der Waals surface area contributed by atoms with Gasteiger partial charge in [-0.2, -0.15) is 0 Å². The maximum Gasteiger partial charge on any atom is 0.341 e. The molecule has 1 aliphatic rings. The minimum absolute atomic E-state index is 0.325. The number of hydrogen-bond donors (Lipinski definition) is 2. The molecule has 3 aromatic rings. The van der Waals surface area contributed by atoms with E-state index in [1.54, 1.807) is 18.2 Å². The van der Waals surface area contributed by atoms with E-state index in [4.69, 9.17) is 9.84 Å². The summed E-state index contributed by atoms with van der Waals surface area (Å²) in [6.07, 6.45) is 2.46. The van der Waals surface area contributed by atoms with Gasteiger partial charge in [-0.25, -0.2) is 9.78 Å². The zero-order valence-corrected chi connectivity index (χ0v) is 16.6. The SMILES string of the molecule is O=C(O)COc1cccc(C(=O)Nc2nc3ccccc3n2CCN2CCCC2)c1. The highest BCUT2D eigenvalue weighted by Gasteiger charge is 2.17. The van der Waals surface area contributed by atoms with Gasteiger partial charge in [0.1, 0.15) is 5.75 Å². The molecule has 0 spiro atoms. The Morgan fingerprint density at radius 2 is 1.87 bits per heavy atom. The minimum Gasteiger partial charge on any atom is -0.482 e. The number of rotatable bonds is 8. The van der Waals surface area contributed by atoms with Gasteiger partial charge < -0.3 is 19.3 Å². The van der Waals surface area contributed by atoms with Crippen LogP contribution in [0.2, 0.25) is 0 Å². The molecule has 0 atom stereocenters. The molecule has 0 aliphatic carbocycles. The Hall–Kier alpha value is -3.39. The first-order valence-electron chi connectivity index (χ1n) is 10.0. The molecule has 0 unspecified atom stereocenters. The third kappa shape index (κ3) is 4.60. The number of benzene rings is 2. The zero-order valence-electron chi connectivity index (χ0n) is 16.6. The number of aliphatic carboxylic acids is 1. The largest absolute Gasteiger partial charge is 0.482 e. The van der Waals surface area contributed by atoms with Crippen LogP contribution in [-0.2, 0) is 11.3 Å². The number of carboxylic acid groups (broad SMARTS) is 1. The Labute approximate surface area is 174 Å². The van der Waals surface area contributed by atoms with Crippen LogP contribution in [0, 0.1) is 0 Å². The molecule has 0 saturated carbocycles. The number of anilines is 1. The van der Waals surface area contributed by atoms with E-state index in [1.165, 1.54) is 18.9 Å². The summed E-state index contributed by atoms with van der Waals surface area (Å²) in [6.45, 7) is 3.39. The number of likely N-dealkylation sites (tertiary alicyclic amines) is 1. The fourth-order valence-corrected chi connectivity index (χ4v) is 3.69. The summed E-state index contributed by atoms with van der Waals surface area (Å²) in [5.74, 6) is -0.574. The molecule has 2 N–H and O–H groups in total. The average Bonchev–Trinajstić information content (AvgIpc) is 3.38. The summed E-state index contributed by atoms with van der Waals surface area (Å²) in [7, 11) is 0. The Morgan fingerprint density at radius 1 is 1.07 bits per heavy atom. The number of ether oxygens (including phenoxy) is 1. The third-order valence-corrected chi connectivity index (χ3v) is 5.18. The molecule has 1 aromatic heterocycles. The molecule has 1 amide bonds. The van der Waals surface area contributed by atoms with Crippen molar-refractivity contribution in [1.29, 1.82) is 0 Å². The normalized spacial score (nSPS) is 14.1. The van der Waals surface area contributed by atoms with Gasteiger partial charge in [-0.1, -0.05) is 18.2 Å². The molecule has 2 heterocycles. The van der Waals surface area contributed by atoms with E-state index >= 15 is 0 Å². The van der Waals surface area contributed by atoms with Gasteiger partial charge in [-0.05, 0) is 56.3 Å². The molecule has 0 radical (unpaired) electrons. The van der Waals surface area contributed by atoms with Gasteiger partial charge in [0.05, 0.1) is 11.0 Å². The highest BCUT2D eigenvalue weighted by Crippen LogP contribution is 2.21. The number of amides is 1. The lowest BCUT2D eigenvalue weighted by atomic mass is 10.2. The molecular formula is C22H24N4O4. The summed E-state index contributed by atoms with van der Waals surface area (Å²) in [6, 6.07) is 14.3. The van der Waals surface area contributed by atoms with Gasteiger partial charge in [0.2, 0.25) is 5.95 Å². The number of carbonyl (C=O) groups excluding carboxylic acids is 1. The second kappa shape index (κ2) is 8.96. The van der Waals surface area contributed by atoms with E-state index in [0.717, 1.165) is 37.2 Å². The molecule has 156 valence electrons. The predicted octanol–water partition coefficient (Wildman–Crippen LogP) is 2.85. The van der Waals surface area contributed by atoms with Crippen molar-refractivity contribution in [2.75, 3.05) is 31.6 Å². The van der Waals surface area contributed by atoms with Crippen LogP contribution in [0.3, 0.4) is 0 Å². The van der Waals surface area contributed by atoms with Crippen molar-refractivity contribution in [3.8, 4) is 5.75 Å². The van der Waals surface area contributed by atoms with Gasteiger partial charge in [0, 0.05) is 18.7 Å². The fraction of sp³-hybridized carbons (Fsp3) is 0.318. The number of aromatic nitrogens is 2. The topological polar surface area (TPSA) is 96.7 Å². The van der Waals surface area contributed by atoms with E-state index in [-0.39, 0.29) is 5.91 Å². The number of carboxylic acids is 1. The predicted molar refractivity (Wildman–Crippen MR) is 113 cm³/mol. The van der Waals surface area contributed by atoms with Crippen LogP contribution >= 0.6 is 0 Å². The molecular weight excluding hydrogens is 384 g/mol. The molecule has 2 aromatic carbocycles. The number of nitrogens with zero attached hydrogens (tertiary/aromatic N) is 3.